The van der Waals surface area contributed by atoms with Crippen molar-refractivity contribution in [1.82, 2.24) is 14.5 Å². The van der Waals surface area contributed by atoms with Gasteiger partial charge < -0.3 is 0 Å². The average molecular weight is 321 g/mol. The molecule has 0 aliphatic carbocycles. The first-order valence-corrected chi connectivity index (χ1v) is 9.01. The monoisotopic (exact) mass is 321 g/mol. The molecule has 0 saturated carbocycles. The molecule has 6 heteroatoms. The van der Waals surface area contributed by atoms with Crippen molar-refractivity contribution in [3.8, 4) is 0 Å². The predicted octanol–water partition coefficient (Wildman–Crippen LogP) is 2.81. The molecule has 2 rings (SSSR count). The standard InChI is InChI=1S/C16H23N3O2S/c1-5-14-7-9-15(10-8-14)12(3)18-22(20,21)16-11-19(6-2)17-13(16)4/h7-12,18H,5-6H2,1-4H3. The molecule has 2 aromatic rings. The van der Waals surface area contributed by atoms with E-state index in [4.69, 9.17) is 0 Å². The summed E-state index contributed by atoms with van der Waals surface area (Å²) in [5.41, 5.74) is 2.70. The summed E-state index contributed by atoms with van der Waals surface area (Å²) in [6, 6.07) is 7.70. The molecule has 0 bridgehead atoms. The van der Waals surface area contributed by atoms with E-state index in [-0.39, 0.29) is 10.9 Å². The second-order valence-corrected chi connectivity index (χ2v) is 7.05. The molecule has 1 atom stereocenters. The third-order valence-electron chi connectivity index (χ3n) is 3.73. The van der Waals surface area contributed by atoms with Crippen molar-refractivity contribution in [3.63, 3.8) is 0 Å². The SMILES string of the molecule is CCc1ccc(C(C)NS(=O)(=O)c2cn(CC)nc2C)cc1. The van der Waals surface area contributed by atoms with Crippen molar-refractivity contribution in [1.29, 1.82) is 0 Å². The molecule has 1 aromatic carbocycles. The minimum Gasteiger partial charge on any atom is -0.271 e. The molecule has 0 fully saturated rings. The van der Waals surface area contributed by atoms with Crippen LogP contribution >= 0.6 is 0 Å². The van der Waals surface area contributed by atoms with Gasteiger partial charge in [-0.25, -0.2) is 13.1 Å². The quantitative estimate of drug-likeness (QED) is 0.890. The number of aromatic nitrogens is 2. The zero-order chi connectivity index (χ0) is 16.3. The lowest BCUT2D eigenvalue weighted by Crippen LogP contribution is -2.27. The van der Waals surface area contributed by atoms with E-state index >= 15 is 0 Å². The van der Waals surface area contributed by atoms with Crippen LogP contribution in [0.4, 0.5) is 0 Å². The van der Waals surface area contributed by atoms with Crippen LogP contribution in [0.2, 0.25) is 0 Å². The van der Waals surface area contributed by atoms with Crippen molar-refractivity contribution in [3.05, 3.63) is 47.3 Å². The highest BCUT2D eigenvalue weighted by molar-refractivity contribution is 7.89. The molecule has 1 aromatic heterocycles. The van der Waals surface area contributed by atoms with Crippen LogP contribution in [0, 0.1) is 6.92 Å². The molecular weight excluding hydrogens is 298 g/mol. The number of rotatable bonds is 6. The first-order valence-electron chi connectivity index (χ1n) is 7.52. The van der Waals surface area contributed by atoms with Gasteiger partial charge in [-0.05, 0) is 38.3 Å². The highest BCUT2D eigenvalue weighted by Crippen LogP contribution is 2.19. The molecule has 0 radical (unpaired) electrons. The molecule has 0 amide bonds. The number of hydrogen-bond acceptors (Lipinski definition) is 3. The lowest BCUT2D eigenvalue weighted by atomic mass is 10.1. The van der Waals surface area contributed by atoms with E-state index in [9.17, 15) is 8.42 Å². The Hall–Kier alpha value is -1.66. The molecule has 0 aliphatic heterocycles. The van der Waals surface area contributed by atoms with Gasteiger partial charge >= 0.3 is 0 Å². The number of sulfonamides is 1. The Morgan fingerprint density at radius 1 is 1.23 bits per heavy atom. The number of aryl methyl sites for hydroxylation is 3. The Labute approximate surface area is 132 Å². The van der Waals surface area contributed by atoms with Crippen LogP contribution in [-0.2, 0) is 23.0 Å². The molecule has 0 aliphatic rings. The molecule has 0 saturated heterocycles. The van der Waals surface area contributed by atoms with Gasteiger partial charge in [0.25, 0.3) is 0 Å². The third kappa shape index (κ3) is 3.56. The number of nitrogens with one attached hydrogen (secondary N) is 1. The van der Waals surface area contributed by atoms with E-state index in [0.717, 1.165) is 12.0 Å². The van der Waals surface area contributed by atoms with Crippen molar-refractivity contribution in [2.24, 2.45) is 0 Å². The van der Waals surface area contributed by atoms with Crippen LogP contribution in [-0.4, -0.2) is 18.2 Å². The maximum atomic E-state index is 12.5. The first kappa shape index (κ1) is 16.7. The Balaban J connectivity index is 2.21. The fraction of sp³-hybridized carbons (Fsp3) is 0.438. The van der Waals surface area contributed by atoms with Crippen molar-refractivity contribution >= 4 is 10.0 Å². The van der Waals surface area contributed by atoms with E-state index in [2.05, 4.69) is 16.7 Å². The molecule has 5 nitrogen and oxygen atoms in total. The van der Waals surface area contributed by atoms with Gasteiger partial charge in [0.15, 0.2) is 0 Å². The first-order chi connectivity index (χ1) is 10.4. The second kappa shape index (κ2) is 6.62. The third-order valence-corrected chi connectivity index (χ3v) is 5.38. The van der Waals surface area contributed by atoms with Crippen LogP contribution in [0.5, 0.6) is 0 Å². The summed E-state index contributed by atoms with van der Waals surface area (Å²) in [5.74, 6) is 0. The molecule has 22 heavy (non-hydrogen) atoms. The zero-order valence-electron chi connectivity index (χ0n) is 13.5. The van der Waals surface area contributed by atoms with Crippen LogP contribution in [0.25, 0.3) is 0 Å². The minimum absolute atomic E-state index is 0.242. The van der Waals surface area contributed by atoms with E-state index in [1.54, 1.807) is 17.8 Å². The Bertz CT molecular complexity index is 733. The van der Waals surface area contributed by atoms with Crippen LogP contribution in [0.3, 0.4) is 0 Å². The van der Waals surface area contributed by atoms with Crippen LogP contribution in [0.1, 0.15) is 43.6 Å². The van der Waals surface area contributed by atoms with E-state index in [1.165, 1.54) is 5.56 Å². The summed E-state index contributed by atoms with van der Waals surface area (Å²) in [5, 5.41) is 4.20. The highest BCUT2D eigenvalue weighted by atomic mass is 32.2. The molecule has 0 spiro atoms. The van der Waals surface area contributed by atoms with Gasteiger partial charge in [0.2, 0.25) is 10.0 Å². The van der Waals surface area contributed by atoms with E-state index in [0.29, 0.717) is 12.2 Å². The van der Waals surface area contributed by atoms with Gasteiger partial charge in [0, 0.05) is 18.8 Å². The summed E-state index contributed by atoms with van der Waals surface area (Å²) in [6.45, 7) is 8.22. The maximum Gasteiger partial charge on any atom is 0.244 e. The lowest BCUT2D eigenvalue weighted by molar-refractivity contribution is 0.566. The molecule has 1 unspecified atom stereocenters. The molecular formula is C16H23N3O2S. The fourth-order valence-corrected chi connectivity index (χ4v) is 3.75. The topological polar surface area (TPSA) is 64.0 Å². The summed E-state index contributed by atoms with van der Waals surface area (Å²) < 4.78 is 29.4. The van der Waals surface area contributed by atoms with Crippen molar-refractivity contribution < 1.29 is 8.42 Å². The van der Waals surface area contributed by atoms with Gasteiger partial charge in [-0.2, -0.15) is 5.10 Å². The number of hydrogen-bond donors (Lipinski definition) is 1. The summed E-state index contributed by atoms with van der Waals surface area (Å²) in [4.78, 5) is 0.242. The van der Waals surface area contributed by atoms with Crippen LogP contribution < -0.4 is 4.72 Å². The molecule has 120 valence electrons. The van der Waals surface area contributed by atoms with E-state index < -0.39 is 10.0 Å². The summed E-state index contributed by atoms with van der Waals surface area (Å²) in [6.07, 6.45) is 2.54. The number of benzene rings is 1. The number of nitrogens with zero attached hydrogens (tertiary/aromatic N) is 2. The minimum atomic E-state index is -3.58. The Morgan fingerprint density at radius 3 is 2.36 bits per heavy atom. The van der Waals surface area contributed by atoms with Gasteiger partial charge in [0.1, 0.15) is 4.90 Å². The van der Waals surface area contributed by atoms with Gasteiger partial charge in [-0.3, -0.25) is 4.68 Å². The van der Waals surface area contributed by atoms with Crippen molar-refractivity contribution in [2.75, 3.05) is 0 Å². The maximum absolute atomic E-state index is 12.5. The Kier molecular flexibility index (Phi) is 5.03. The summed E-state index contributed by atoms with van der Waals surface area (Å²) >= 11 is 0. The van der Waals surface area contributed by atoms with Gasteiger partial charge in [-0.15, -0.1) is 0 Å². The molecule has 1 N–H and O–H groups in total. The largest absolute Gasteiger partial charge is 0.271 e. The van der Waals surface area contributed by atoms with Crippen LogP contribution in [0.15, 0.2) is 35.4 Å². The van der Waals surface area contributed by atoms with Gasteiger partial charge in [0.05, 0.1) is 5.69 Å². The predicted molar refractivity (Wildman–Crippen MR) is 87.2 cm³/mol. The average Bonchev–Trinajstić information content (AvgIpc) is 2.89. The van der Waals surface area contributed by atoms with E-state index in [1.807, 2.05) is 38.1 Å². The normalized spacial score (nSPS) is 13.3. The van der Waals surface area contributed by atoms with Gasteiger partial charge in [-0.1, -0.05) is 31.2 Å². The fourth-order valence-electron chi connectivity index (χ4n) is 2.33. The zero-order valence-corrected chi connectivity index (χ0v) is 14.3. The molecule has 1 heterocycles. The summed E-state index contributed by atoms with van der Waals surface area (Å²) in [7, 11) is -3.58. The smallest absolute Gasteiger partial charge is 0.244 e. The Morgan fingerprint density at radius 2 is 1.86 bits per heavy atom. The highest BCUT2D eigenvalue weighted by Gasteiger charge is 2.22. The second-order valence-electron chi connectivity index (χ2n) is 5.37. The van der Waals surface area contributed by atoms with Crippen molar-refractivity contribution in [2.45, 2.75) is 51.6 Å². The lowest BCUT2D eigenvalue weighted by Gasteiger charge is -2.14.